The number of nitrogen functional groups attached to an aromatic ring is 1. The minimum absolute atomic E-state index is 0.0292. The lowest BCUT2D eigenvalue weighted by Gasteiger charge is -2.36. The normalized spacial score (nSPS) is 29.8. The van der Waals surface area contributed by atoms with Crippen LogP contribution >= 0.6 is 0 Å². The van der Waals surface area contributed by atoms with Crippen molar-refractivity contribution >= 4 is 11.5 Å². The van der Waals surface area contributed by atoms with Crippen molar-refractivity contribution in [3.8, 4) is 0 Å². The molecule has 0 saturated carbocycles. The van der Waals surface area contributed by atoms with Crippen molar-refractivity contribution in [2.75, 3.05) is 25.6 Å². The first-order valence-corrected chi connectivity index (χ1v) is 6.91. The molecular weight excluding hydrogens is 261 g/mol. The summed E-state index contributed by atoms with van der Waals surface area (Å²) in [5.41, 5.74) is 5.58. The van der Waals surface area contributed by atoms with E-state index in [-0.39, 0.29) is 23.0 Å². The van der Waals surface area contributed by atoms with Crippen LogP contribution in [-0.2, 0) is 9.47 Å². The van der Waals surface area contributed by atoms with Gasteiger partial charge in [-0.15, -0.1) is 0 Å². The summed E-state index contributed by atoms with van der Waals surface area (Å²) in [6, 6.07) is 4.26. The van der Waals surface area contributed by atoms with Gasteiger partial charge < -0.3 is 15.2 Å². The van der Waals surface area contributed by atoms with Crippen molar-refractivity contribution < 1.29 is 18.7 Å². The van der Waals surface area contributed by atoms with Gasteiger partial charge in [-0.3, -0.25) is 4.79 Å². The average molecular weight is 279 g/mol. The van der Waals surface area contributed by atoms with Gasteiger partial charge in [-0.05, 0) is 31.0 Å². The Labute approximate surface area is 117 Å². The number of nitrogens with two attached hydrogens (primary N) is 1. The molecule has 20 heavy (non-hydrogen) atoms. The molecule has 2 aliphatic rings. The number of ketones is 1. The Morgan fingerprint density at radius 1 is 1.40 bits per heavy atom. The number of benzene rings is 1. The Hall–Kier alpha value is -1.46. The van der Waals surface area contributed by atoms with E-state index in [2.05, 4.69) is 0 Å². The van der Waals surface area contributed by atoms with Gasteiger partial charge in [0, 0.05) is 31.1 Å². The van der Waals surface area contributed by atoms with Gasteiger partial charge >= 0.3 is 0 Å². The van der Waals surface area contributed by atoms with Crippen LogP contribution in [0.3, 0.4) is 0 Å². The van der Waals surface area contributed by atoms with Crippen LogP contribution in [0.4, 0.5) is 10.1 Å². The standard InChI is InChI=1S/C15H18FNO3/c16-12-7-10(1-2-13(12)17)14(18)11-3-5-20-15(8-11)4-6-19-9-15/h1-2,7,11H,3-6,8-9,17H2. The third-order valence-electron chi connectivity index (χ3n) is 4.22. The second-order valence-corrected chi connectivity index (χ2v) is 5.62. The molecule has 0 bridgehead atoms. The minimum Gasteiger partial charge on any atom is -0.396 e. The molecule has 1 aromatic rings. The van der Waals surface area contributed by atoms with Gasteiger partial charge in [-0.25, -0.2) is 4.39 Å². The molecule has 108 valence electrons. The molecule has 0 radical (unpaired) electrons. The molecule has 2 atom stereocenters. The number of rotatable bonds is 2. The number of halogens is 1. The summed E-state index contributed by atoms with van der Waals surface area (Å²) in [6.45, 7) is 1.78. The molecule has 2 fully saturated rings. The number of hydrogen-bond acceptors (Lipinski definition) is 4. The lowest BCUT2D eigenvalue weighted by atomic mass is 9.81. The van der Waals surface area contributed by atoms with Crippen LogP contribution in [0, 0.1) is 11.7 Å². The first-order chi connectivity index (χ1) is 9.60. The van der Waals surface area contributed by atoms with Crippen LogP contribution in [0.15, 0.2) is 18.2 Å². The van der Waals surface area contributed by atoms with E-state index < -0.39 is 5.82 Å². The zero-order chi connectivity index (χ0) is 14.2. The molecule has 1 aromatic carbocycles. The maximum Gasteiger partial charge on any atom is 0.166 e. The van der Waals surface area contributed by atoms with E-state index in [4.69, 9.17) is 15.2 Å². The molecule has 0 aromatic heterocycles. The number of carbonyl (C=O) groups is 1. The summed E-state index contributed by atoms with van der Waals surface area (Å²) in [6.07, 6.45) is 2.15. The van der Waals surface area contributed by atoms with Crippen LogP contribution in [0.1, 0.15) is 29.6 Å². The fourth-order valence-electron chi connectivity index (χ4n) is 3.03. The van der Waals surface area contributed by atoms with Gasteiger partial charge in [0.1, 0.15) is 5.82 Å². The first-order valence-electron chi connectivity index (χ1n) is 6.91. The van der Waals surface area contributed by atoms with E-state index in [1.165, 1.54) is 12.1 Å². The van der Waals surface area contributed by atoms with Gasteiger partial charge in [0.25, 0.3) is 0 Å². The molecule has 5 heteroatoms. The SMILES string of the molecule is Nc1ccc(C(=O)C2CCOC3(CCOC3)C2)cc1F. The summed E-state index contributed by atoms with van der Waals surface area (Å²) in [5, 5.41) is 0. The molecular formula is C15H18FNO3. The third kappa shape index (κ3) is 2.43. The van der Waals surface area contributed by atoms with Crippen molar-refractivity contribution in [1.29, 1.82) is 0 Å². The van der Waals surface area contributed by atoms with Gasteiger partial charge in [0.15, 0.2) is 5.78 Å². The van der Waals surface area contributed by atoms with Gasteiger partial charge in [-0.1, -0.05) is 0 Å². The minimum atomic E-state index is -0.540. The third-order valence-corrected chi connectivity index (χ3v) is 4.22. The van der Waals surface area contributed by atoms with Crippen molar-refractivity contribution in [2.45, 2.75) is 24.9 Å². The number of hydrogen-bond donors (Lipinski definition) is 1. The number of ether oxygens (including phenoxy) is 2. The van der Waals surface area contributed by atoms with Crippen molar-refractivity contribution in [2.24, 2.45) is 5.92 Å². The Morgan fingerprint density at radius 3 is 2.95 bits per heavy atom. The highest BCUT2D eigenvalue weighted by atomic mass is 19.1. The van der Waals surface area contributed by atoms with Crippen molar-refractivity contribution in [3.05, 3.63) is 29.6 Å². The van der Waals surface area contributed by atoms with Crippen LogP contribution in [0.5, 0.6) is 0 Å². The smallest absolute Gasteiger partial charge is 0.166 e. The van der Waals surface area contributed by atoms with Crippen LogP contribution in [-0.4, -0.2) is 31.2 Å². The zero-order valence-electron chi connectivity index (χ0n) is 11.2. The summed E-state index contributed by atoms with van der Waals surface area (Å²) < 4.78 is 24.7. The summed E-state index contributed by atoms with van der Waals surface area (Å²) in [7, 11) is 0. The van der Waals surface area contributed by atoms with E-state index in [1.54, 1.807) is 6.07 Å². The molecule has 1 spiro atoms. The van der Waals surface area contributed by atoms with E-state index in [9.17, 15) is 9.18 Å². The topological polar surface area (TPSA) is 61.6 Å². The lowest BCUT2D eigenvalue weighted by Crippen LogP contribution is -2.42. The van der Waals surface area contributed by atoms with Crippen LogP contribution < -0.4 is 5.73 Å². The predicted molar refractivity (Wildman–Crippen MR) is 72.0 cm³/mol. The molecule has 2 aliphatic heterocycles. The Kier molecular flexibility index (Phi) is 3.48. The quantitative estimate of drug-likeness (QED) is 0.666. The monoisotopic (exact) mass is 279 g/mol. The van der Waals surface area contributed by atoms with Gasteiger partial charge in [-0.2, -0.15) is 0 Å². The molecule has 2 saturated heterocycles. The van der Waals surface area contributed by atoms with Crippen LogP contribution in [0.2, 0.25) is 0 Å². The fraction of sp³-hybridized carbons (Fsp3) is 0.533. The van der Waals surface area contributed by atoms with E-state index in [0.29, 0.717) is 38.2 Å². The maximum absolute atomic E-state index is 13.5. The molecule has 0 aliphatic carbocycles. The van der Waals surface area contributed by atoms with Crippen molar-refractivity contribution in [1.82, 2.24) is 0 Å². The second kappa shape index (κ2) is 5.14. The summed E-state index contributed by atoms with van der Waals surface area (Å²) in [4.78, 5) is 12.5. The largest absolute Gasteiger partial charge is 0.396 e. The van der Waals surface area contributed by atoms with Crippen molar-refractivity contribution in [3.63, 3.8) is 0 Å². The molecule has 2 heterocycles. The predicted octanol–water partition coefficient (Wildman–Crippen LogP) is 2.18. The zero-order valence-corrected chi connectivity index (χ0v) is 11.2. The average Bonchev–Trinajstić information content (AvgIpc) is 2.89. The summed E-state index contributed by atoms with van der Waals surface area (Å²) >= 11 is 0. The van der Waals surface area contributed by atoms with Gasteiger partial charge in [0.2, 0.25) is 0 Å². The number of carbonyl (C=O) groups excluding carboxylic acids is 1. The van der Waals surface area contributed by atoms with E-state index in [1.807, 2.05) is 0 Å². The Bertz CT molecular complexity index is 526. The first kappa shape index (κ1) is 13.5. The molecule has 4 nitrogen and oxygen atoms in total. The van der Waals surface area contributed by atoms with Crippen LogP contribution in [0.25, 0.3) is 0 Å². The second-order valence-electron chi connectivity index (χ2n) is 5.62. The summed E-state index contributed by atoms with van der Waals surface area (Å²) in [5.74, 6) is -0.700. The highest BCUT2D eigenvalue weighted by molar-refractivity contribution is 5.98. The molecule has 2 unspecified atom stereocenters. The highest BCUT2D eigenvalue weighted by Crippen LogP contribution is 2.37. The molecule has 3 rings (SSSR count). The molecule has 0 amide bonds. The Balaban J connectivity index is 1.77. The maximum atomic E-state index is 13.5. The number of anilines is 1. The van der Waals surface area contributed by atoms with E-state index in [0.717, 1.165) is 6.42 Å². The number of Topliss-reactive ketones (excluding diaryl/α,β-unsaturated/α-hetero) is 1. The van der Waals surface area contributed by atoms with E-state index >= 15 is 0 Å². The molecule has 2 N–H and O–H groups in total. The highest BCUT2D eigenvalue weighted by Gasteiger charge is 2.43. The lowest BCUT2D eigenvalue weighted by molar-refractivity contribution is -0.0920. The van der Waals surface area contributed by atoms with Gasteiger partial charge in [0.05, 0.1) is 17.9 Å². The Morgan fingerprint density at radius 2 is 2.25 bits per heavy atom. The fourth-order valence-corrected chi connectivity index (χ4v) is 3.03.